The summed E-state index contributed by atoms with van der Waals surface area (Å²) < 4.78 is 17.8. The highest BCUT2D eigenvalue weighted by molar-refractivity contribution is 7.16. The summed E-state index contributed by atoms with van der Waals surface area (Å²) in [7, 11) is 4.79. The predicted octanol–water partition coefficient (Wildman–Crippen LogP) is 3.69. The average Bonchev–Trinajstić information content (AvgIpc) is 3.19. The van der Waals surface area contributed by atoms with Crippen molar-refractivity contribution in [2.24, 2.45) is 0 Å². The molecule has 0 saturated heterocycles. The van der Waals surface area contributed by atoms with Crippen LogP contribution in [-0.2, 0) is 19.6 Å². The van der Waals surface area contributed by atoms with Crippen LogP contribution in [0, 0.1) is 6.92 Å². The minimum absolute atomic E-state index is 0.174. The maximum Gasteiger partial charge on any atom is 0.275 e. The molecule has 33 heavy (non-hydrogen) atoms. The van der Waals surface area contributed by atoms with Gasteiger partial charge in [-0.15, -0.1) is 0 Å². The largest absolute Gasteiger partial charge is 0.493 e. The number of rotatable bonds is 9. The standard InChI is InChI=1S/C24H26N4O4S/c1-16-26-28-22(29)12-19(25-24(28)33-16)15-27(13-17-8-6-5-7-9-17)14-18-10-20(30-2)23(32-4)21(11-18)31-3/h5-12H,13-15H2,1-4H3. The first-order valence-electron chi connectivity index (χ1n) is 10.4. The van der Waals surface area contributed by atoms with Crippen molar-refractivity contribution in [1.82, 2.24) is 19.5 Å². The second-order valence-electron chi connectivity index (χ2n) is 7.57. The van der Waals surface area contributed by atoms with Gasteiger partial charge >= 0.3 is 0 Å². The number of methoxy groups -OCH3 is 3. The number of aryl methyl sites for hydroxylation is 1. The zero-order valence-electron chi connectivity index (χ0n) is 19.1. The molecular weight excluding hydrogens is 440 g/mol. The summed E-state index contributed by atoms with van der Waals surface area (Å²) >= 11 is 1.40. The predicted molar refractivity (Wildman–Crippen MR) is 127 cm³/mol. The van der Waals surface area contributed by atoms with E-state index >= 15 is 0 Å². The van der Waals surface area contributed by atoms with Crippen molar-refractivity contribution in [3.05, 3.63) is 80.7 Å². The third-order valence-electron chi connectivity index (χ3n) is 5.16. The highest BCUT2D eigenvalue weighted by Gasteiger charge is 2.17. The van der Waals surface area contributed by atoms with Gasteiger partial charge in [-0.1, -0.05) is 41.7 Å². The molecule has 0 spiro atoms. The van der Waals surface area contributed by atoms with Gasteiger partial charge in [0.05, 0.1) is 27.0 Å². The van der Waals surface area contributed by atoms with Crippen LogP contribution in [0.4, 0.5) is 0 Å². The first-order valence-corrected chi connectivity index (χ1v) is 11.2. The molecular formula is C24H26N4O4S. The van der Waals surface area contributed by atoms with E-state index in [9.17, 15) is 4.79 Å². The van der Waals surface area contributed by atoms with E-state index in [1.54, 1.807) is 27.4 Å². The Bertz CT molecular complexity index is 1280. The molecule has 0 amide bonds. The SMILES string of the molecule is COc1cc(CN(Cc2ccccc2)Cc2cc(=O)n3nc(C)sc3n2)cc(OC)c1OC. The van der Waals surface area contributed by atoms with E-state index in [4.69, 9.17) is 14.2 Å². The van der Waals surface area contributed by atoms with E-state index < -0.39 is 0 Å². The maximum atomic E-state index is 12.6. The van der Waals surface area contributed by atoms with Crippen molar-refractivity contribution in [1.29, 1.82) is 0 Å². The van der Waals surface area contributed by atoms with Crippen molar-refractivity contribution in [3.63, 3.8) is 0 Å². The lowest BCUT2D eigenvalue weighted by Crippen LogP contribution is -2.25. The fraction of sp³-hybridized carbons (Fsp3) is 0.292. The van der Waals surface area contributed by atoms with E-state index in [2.05, 4.69) is 27.1 Å². The van der Waals surface area contributed by atoms with Crippen LogP contribution in [0.5, 0.6) is 17.2 Å². The van der Waals surface area contributed by atoms with Gasteiger partial charge in [0.2, 0.25) is 10.7 Å². The van der Waals surface area contributed by atoms with Gasteiger partial charge in [0.25, 0.3) is 5.56 Å². The minimum Gasteiger partial charge on any atom is -0.493 e. The Morgan fingerprint density at radius 2 is 1.58 bits per heavy atom. The zero-order chi connectivity index (χ0) is 23.4. The third kappa shape index (κ3) is 5.15. The van der Waals surface area contributed by atoms with Gasteiger partial charge in [-0.25, -0.2) is 4.98 Å². The maximum absolute atomic E-state index is 12.6. The van der Waals surface area contributed by atoms with Gasteiger partial charge in [0.1, 0.15) is 5.01 Å². The zero-order valence-corrected chi connectivity index (χ0v) is 19.9. The monoisotopic (exact) mass is 466 g/mol. The molecule has 2 aromatic carbocycles. The highest BCUT2D eigenvalue weighted by Crippen LogP contribution is 2.38. The number of hydrogen-bond donors (Lipinski definition) is 0. The quantitative estimate of drug-likeness (QED) is 0.372. The van der Waals surface area contributed by atoms with Gasteiger partial charge in [-0.2, -0.15) is 9.61 Å². The highest BCUT2D eigenvalue weighted by atomic mass is 32.1. The van der Waals surface area contributed by atoms with Gasteiger partial charge in [0.15, 0.2) is 11.5 Å². The van der Waals surface area contributed by atoms with Crippen LogP contribution in [0.2, 0.25) is 0 Å². The summed E-state index contributed by atoms with van der Waals surface area (Å²) in [4.78, 5) is 20.1. The van der Waals surface area contributed by atoms with Crippen molar-refractivity contribution >= 4 is 16.3 Å². The molecule has 4 aromatic rings. The van der Waals surface area contributed by atoms with E-state index in [0.29, 0.717) is 47.5 Å². The topological polar surface area (TPSA) is 78.2 Å². The molecule has 9 heteroatoms. The number of benzene rings is 2. The second kappa shape index (κ2) is 10.0. The molecule has 0 aliphatic heterocycles. The Balaban J connectivity index is 1.68. The fourth-order valence-electron chi connectivity index (χ4n) is 3.76. The van der Waals surface area contributed by atoms with Gasteiger partial charge in [0, 0.05) is 25.7 Å². The lowest BCUT2D eigenvalue weighted by Gasteiger charge is -2.23. The van der Waals surface area contributed by atoms with Crippen LogP contribution >= 0.6 is 11.3 Å². The molecule has 2 heterocycles. The summed E-state index contributed by atoms with van der Waals surface area (Å²) in [5.74, 6) is 1.76. The Hall–Kier alpha value is -3.43. The third-order valence-corrected chi connectivity index (χ3v) is 5.99. The molecule has 2 aromatic heterocycles. The van der Waals surface area contributed by atoms with Gasteiger partial charge < -0.3 is 14.2 Å². The molecule has 0 fully saturated rings. The summed E-state index contributed by atoms with van der Waals surface area (Å²) in [6.45, 7) is 3.63. The second-order valence-corrected chi connectivity index (χ2v) is 8.73. The van der Waals surface area contributed by atoms with Gasteiger partial charge in [-0.3, -0.25) is 9.69 Å². The average molecular weight is 467 g/mol. The van der Waals surface area contributed by atoms with Crippen LogP contribution in [0.25, 0.3) is 4.96 Å². The van der Waals surface area contributed by atoms with Crippen molar-refractivity contribution < 1.29 is 14.2 Å². The molecule has 4 rings (SSSR count). The molecule has 172 valence electrons. The van der Waals surface area contributed by atoms with Crippen LogP contribution in [0.1, 0.15) is 21.8 Å². The van der Waals surface area contributed by atoms with Gasteiger partial charge in [-0.05, 0) is 30.2 Å². The lowest BCUT2D eigenvalue weighted by atomic mass is 10.1. The molecule has 0 unspecified atom stereocenters. The molecule has 0 bridgehead atoms. The lowest BCUT2D eigenvalue weighted by molar-refractivity contribution is 0.243. The molecule has 0 N–H and O–H groups in total. The van der Waals surface area contributed by atoms with Crippen molar-refractivity contribution in [3.8, 4) is 17.2 Å². The minimum atomic E-state index is -0.174. The summed E-state index contributed by atoms with van der Waals surface area (Å²) in [6, 6.07) is 15.6. The number of nitrogens with zero attached hydrogens (tertiary/aromatic N) is 4. The molecule has 0 atom stereocenters. The molecule has 0 aliphatic carbocycles. The van der Waals surface area contributed by atoms with Crippen LogP contribution in [0.15, 0.2) is 53.3 Å². The molecule has 0 aliphatic rings. The first-order chi connectivity index (χ1) is 16.0. The van der Waals surface area contributed by atoms with Crippen molar-refractivity contribution in [2.45, 2.75) is 26.6 Å². The molecule has 8 nitrogen and oxygen atoms in total. The van der Waals surface area contributed by atoms with Crippen LogP contribution < -0.4 is 19.8 Å². The number of aromatic nitrogens is 3. The van der Waals surface area contributed by atoms with E-state index in [-0.39, 0.29) is 5.56 Å². The fourth-order valence-corrected chi connectivity index (χ4v) is 4.52. The number of fused-ring (bicyclic) bond motifs is 1. The van der Waals surface area contributed by atoms with E-state index in [0.717, 1.165) is 16.1 Å². The van der Waals surface area contributed by atoms with Crippen LogP contribution in [0.3, 0.4) is 0 Å². The Morgan fingerprint density at radius 1 is 0.909 bits per heavy atom. The number of hydrogen-bond acceptors (Lipinski definition) is 8. The first kappa shape index (κ1) is 22.8. The summed E-state index contributed by atoms with van der Waals surface area (Å²) in [6.07, 6.45) is 0. The Labute approximate surface area is 196 Å². The van der Waals surface area contributed by atoms with Crippen LogP contribution in [-0.4, -0.2) is 40.8 Å². The molecule has 0 saturated carbocycles. The smallest absolute Gasteiger partial charge is 0.275 e. The van der Waals surface area contributed by atoms with E-state index in [1.807, 2.05) is 37.3 Å². The number of ether oxygens (including phenoxy) is 3. The van der Waals surface area contributed by atoms with Crippen molar-refractivity contribution in [2.75, 3.05) is 21.3 Å². The Morgan fingerprint density at radius 3 is 2.21 bits per heavy atom. The van der Waals surface area contributed by atoms with E-state index in [1.165, 1.54) is 15.9 Å². The normalized spacial score (nSPS) is 11.2. The summed E-state index contributed by atoms with van der Waals surface area (Å²) in [5.41, 5.74) is 2.68. The molecule has 0 radical (unpaired) electrons. The Kier molecular flexibility index (Phi) is 6.90. The summed E-state index contributed by atoms with van der Waals surface area (Å²) in [5, 5.41) is 5.03.